The van der Waals surface area contributed by atoms with Crippen LogP contribution in [0, 0.1) is 5.41 Å². The Bertz CT molecular complexity index is 1510. The van der Waals surface area contributed by atoms with Gasteiger partial charge in [0.25, 0.3) is 5.91 Å². The van der Waals surface area contributed by atoms with E-state index in [0.29, 0.717) is 23.3 Å². The van der Waals surface area contributed by atoms with Crippen LogP contribution < -0.4 is 14.3 Å². The molecule has 3 N–H and O–H groups in total. The first kappa shape index (κ1) is 27.0. The van der Waals surface area contributed by atoms with Crippen molar-refractivity contribution in [2.24, 2.45) is 5.41 Å². The lowest BCUT2D eigenvalue weighted by atomic mass is 9.66. The fourth-order valence-corrected chi connectivity index (χ4v) is 8.06. The number of nitrogens with zero attached hydrogens (tertiary/aromatic N) is 1. The molecule has 11 heteroatoms. The van der Waals surface area contributed by atoms with Crippen molar-refractivity contribution in [3.05, 3.63) is 47.5 Å². The molecule has 0 radical (unpaired) electrons. The Morgan fingerprint density at radius 3 is 2.16 bits per heavy atom. The molecule has 1 amide bonds. The van der Waals surface area contributed by atoms with Crippen molar-refractivity contribution in [2.45, 2.75) is 75.1 Å². The van der Waals surface area contributed by atoms with Crippen molar-refractivity contribution >= 4 is 37.3 Å². The summed E-state index contributed by atoms with van der Waals surface area (Å²) in [5.74, 6) is -0.805. The summed E-state index contributed by atoms with van der Waals surface area (Å²) in [6, 6.07) is 9.12. The minimum Gasteiger partial charge on any atom is -0.507 e. The molecule has 38 heavy (non-hydrogen) atoms. The van der Waals surface area contributed by atoms with E-state index in [0.717, 1.165) is 37.5 Å². The fourth-order valence-electron chi connectivity index (χ4n) is 5.97. The molecule has 0 aromatic heterocycles. The van der Waals surface area contributed by atoms with Crippen LogP contribution in [0.3, 0.4) is 0 Å². The Balaban J connectivity index is 1.53. The second kappa shape index (κ2) is 8.69. The third-order valence-corrected chi connectivity index (χ3v) is 10.4. The third-order valence-electron chi connectivity index (χ3n) is 8.03. The number of carbonyl (C=O) groups excluding carboxylic acids is 1. The maximum absolute atomic E-state index is 13.9. The van der Waals surface area contributed by atoms with Crippen molar-refractivity contribution in [3.63, 3.8) is 0 Å². The van der Waals surface area contributed by atoms with Gasteiger partial charge in [-0.2, -0.15) is 0 Å². The molecule has 0 atom stereocenters. The van der Waals surface area contributed by atoms with E-state index in [1.807, 2.05) is 6.07 Å². The molecule has 0 unspecified atom stereocenters. The predicted octanol–water partition coefficient (Wildman–Crippen LogP) is 4.09. The van der Waals surface area contributed by atoms with E-state index in [-0.39, 0.29) is 21.8 Å². The highest BCUT2D eigenvalue weighted by atomic mass is 32.2. The van der Waals surface area contributed by atoms with Gasteiger partial charge in [-0.3, -0.25) is 9.52 Å². The first-order valence-corrected chi connectivity index (χ1v) is 16.2. The third kappa shape index (κ3) is 5.15. The molecule has 2 saturated carbocycles. The molecule has 0 saturated heterocycles. The lowest BCUT2D eigenvalue weighted by Crippen LogP contribution is -2.41. The van der Waals surface area contributed by atoms with Crippen molar-refractivity contribution in [3.8, 4) is 5.75 Å². The van der Waals surface area contributed by atoms with Gasteiger partial charge in [-0.05, 0) is 107 Å². The van der Waals surface area contributed by atoms with Crippen LogP contribution in [-0.2, 0) is 25.5 Å². The quantitative estimate of drug-likeness (QED) is 0.504. The Morgan fingerprint density at radius 1 is 0.947 bits per heavy atom. The normalized spacial score (nSPS) is 19.9. The topological polar surface area (TPSA) is 133 Å². The summed E-state index contributed by atoms with van der Waals surface area (Å²) in [5, 5.41) is 10.3. The van der Waals surface area contributed by atoms with E-state index < -0.39 is 31.3 Å². The minimum absolute atomic E-state index is 0.146. The van der Waals surface area contributed by atoms with Gasteiger partial charge in [0, 0.05) is 34.4 Å². The maximum atomic E-state index is 13.9. The molecular weight excluding hydrogens is 526 g/mol. The summed E-state index contributed by atoms with van der Waals surface area (Å²) in [5.41, 5.74) is 1.59. The van der Waals surface area contributed by atoms with Crippen LogP contribution in [0.4, 0.5) is 11.4 Å². The van der Waals surface area contributed by atoms with Gasteiger partial charge in [0.2, 0.25) is 20.0 Å². The highest BCUT2D eigenvalue weighted by Crippen LogP contribution is 2.62. The summed E-state index contributed by atoms with van der Waals surface area (Å²) < 4.78 is 54.8. The first-order chi connectivity index (χ1) is 17.5. The van der Waals surface area contributed by atoms with Crippen LogP contribution >= 0.6 is 0 Å². The highest BCUT2D eigenvalue weighted by Gasteiger charge is 2.53. The molecule has 2 aliphatic carbocycles. The van der Waals surface area contributed by atoms with Gasteiger partial charge in [-0.25, -0.2) is 21.6 Å². The van der Waals surface area contributed by atoms with Crippen LogP contribution in [-0.4, -0.2) is 46.2 Å². The molecule has 2 spiro atoms. The smallest absolute Gasteiger partial charge is 0.258 e. The average Bonchev–Trinajstić information content (AvgIpc) is 3.48. The van der Waals surface area contributed by atoms with E-state index in [1.165, 1.54) is 31.0 Å². The molecule has 1 heterocycles. The lowest BCUT2D eigenvalue weighted by Gasteiger charge is -2.38. The van der Waals surface area contributed by atoms with Gasteiger partial charge in [0.15, 0.2) is 0 Å². The van der Waals surface area contributed by atoms with E-state index >= 15 is 0 Å². The molecule has 1 aliphatic heterocycles. The predicted molar refractivity (Wildman–Crippen MR) is 147 cm³/mol. The number of amides is 1. The van der Waals surface area contributed by atoms with Crippen molar-refractivity contribution in [1.82, 2.24) is 4.72 Å². The highest BCUT2D eigenvalue weighted by molar-refractivity contribution is 7.92. The molecule has 2 fully saturated rings. The average molecular weight is 562 g/mol. The summed E-state index contributed by atoms with van der Waals surface area (Å²) in [7, 11) is -7.55. The Morgan fingerprint density at radius 2 is 1.58 bits per heavy atom. The number of benzene rings is 2. The molecule has 3 aliphatic rings. The number of rotatable bonds is 5. The summed E-state index contributed by atoms with van der Waals surface area (Å²) in [4.78, 5) is 15.2. The number of aromatic hydroxyl groups is 1. The van der Waals surface area contributed by atoms with Crippen LogP contribution in [0.25, 0.3) is 0 Å². The molecular formula is C27H35N3O6S2. The molecule has 2 aromatic rings. The van der Waals surface area contributed by atoms with Crippen LogP contribution in [0.2, 0.25) is 0 Å². The van der Waals surface area contributed by atoms with Crippen molar-refractivity contribution in [2.75, 3.05) is 22.4 Å². The number of hydrogen-bond donors (Lipinski definition) is 3. The molecule has 5 rings (SSSR count). The second-order valence-corrected chi connectivity index (χ2v) is 15.7. The molecule has 206 valence electrons. The zero-order valence-electron chi connectivity index (χ0n) is 22.2. The summed E-state index contributed by atoms with van der Waals surface area (Å²) in [6.07, 6.45) is 7.52. The largest absolute Gasteiger partial charge is 0.507 e. The summed E-state index contributed by atoms with van der Waals surface area (Å²) in [6.45, 7) is 5.52. The number of hydrogen-bond acceptors (Lipinski definition) is 6. The van der Waals surface area contributed by atoms with Gasteiger partial charge in [-0.15, -0.1) is 0 Å². The van der Waals surface area contributed by atoms with Crippen LogP contribution in [0.15, 0.2) is 41.3 Å². The molecule has 9 nitrogen and oxygen atoms in total. The SMILES string of the molecule is CC(C)(C)NS(=O)(=O)c1cc(C(=O)N2CC3(CCC4(CC4)CC3)c3cc(NS(C)(=O)=O)ccc32)ccc1O. The second-order valence-electron chi connectivity index (χ2n) is 12.3. The van der Waals surface area contributed by atoms with Gasteiger partial charge in [0.05, 0.1) is 6.26 Å². The monoisotopic (exact) mass is 561 g/mol. The van der Waals surface area contributed by atoms with Gasteiger partial charge >= 0.3 is 0 Å². The first-order valence-electron chi connectivity index (χ1n) is 12.8. The lowest BCUT2D eigenvalue weighted by molar-refractivity contribution is 0.0980. The molecule has 0 bridgehead atoms. The van der Waals surface area contributed by atoms with Crippen molar-refractivity contribution < 1.29 is 26.7 Å². The zero-order chi connectivity index (χ0) is 27.7. The van der Waals surface area contributed by atoms with E-state index in [9.17, 15) is 26.7 Å². The minimum atomic E-state index is -4.08. The summed E-state index contributed by atoms with van der Waals surface area (Å²) >= 11 is 0. The standard InChI is InChI=1S/C27H35N3O6S2/c1-25(2,3)29-38(35,36)23-15-18(5-8-22(23)31)24(32)30-17-27(13-11-26(9-10-26)12-14-27)20-16-19(6-7-21(20)30)28-37(4,33)34/h5-8,15-16,28-29,31H,9-14,17H2,1-4H3. The Labute approximate surface area is 224 Å². The number of sulfonamides is 2. The van der Waals surface area contributed by atoms with E-state index in [4.69, 9.17) is 0 Å². The Kier molecular flexibility index (Phi) is 6.16. The number of nitrogens with one attached hydrogen (secondary N) is 2. The molecule has 2 aromatic carbocycles. The number of fused-ring (bicyclic) bond motifs is 2. The maximum Gasteiger partial charge on any atom is 0.258 e. The fraction of sp³-hybridized carbons (Fsp3) is 0.519. The van der Waals surface area contributed by atoms with E-state index in [1.54, 1.807) is 37.8 Å². The van der Waals surface area contributed by atoms with Crippen molar-refractivity contribution in [1.29, 1.82) is 0 Å². The number of phenolic OH excluding ortho intramolecular Hbond substituents is 1. The number of phenols is 1. The zero-order valence-corrected chi connectivity index (χ0v) is 23.8. The van der Waals surface area contributed by atoms with Crippen LogP contribution in [0.5, 0.6) is 5.75 Å². The number of anilines is 2. The Hall–Kier alpha value is -2.63. The van der Waals surface area contributed by atoms with E-state index in [2.05, 4.69) is 9.44 Å². The van der Waals surface area contributed by atoms with Gasteiger partial charge in [-0.1, -0.05) is 0 Å². The number of carbonyl (C=O) groups is 1. The van der Waals surface area contributed by atoms with Gasteiger partial charge < -0.3 is 10.0 Å². The van der Waals surface area contributed by atoms with Crippen LogP contribution in [0.1, 0.15) is 75.2 Å². The van der Waals surface area contributed by atoms with Gasteiger partial charge in [0.1, 0.15) is 10.6 Å².